The van der Waals surface area contributed by atoms with Gasteiger partial charge in [-0.05, 0) is 47.7 Å². The lowest BCUT2D eigenvalue weighted by Crippen LogP contribution is -2.27. The molecule has 7 heteroatoms. The van der Waals surface area contributed by atoms with Crippen LogP contribution in [0, 0.1) is 0 Å². The van der Waals surface area contributed by atoms with Crippen LogP contribution in [-0.4, -0.2) is 27.6 Å². The number of carbonyl (C=O) groups is 1. The number of carbonyl (C=O) groups excluding carboxylic acids is 1. The first-order valence-corrected chi connectivity index (χ1v) is 11.0. The molecular formula is C20H25ClN2O3S. The predicted octanol–water partition coefficient (Wildman–Crippen LogP) is 3.79. The third-order valence-electron chi connectivity index (χ3n) is 4.55. The average molecular weight is 409 g/mol. The Labute approximate surface area is 166 Å². The van der Waals surface area contributed by atoms with E-state index in [9.17, 15) is 13.2 Å². The quantitative estimate of drug-likeness (QED) is 0.757. The van der Waals surface area contributed by atoms with Crippen LogP contribution in [0.3, 0.4) is 0 Å². The maximum absolute atomic E-state index is 12.7. The largest absolute Gasteiger partial charge is 0.348 e. The Bertz CT molecular complexity index is 942. The summed E-state index contributed by atoms with van der Waals surface area (Å²) in [6, 6.07) is 10.9. The van der Waals surface area contributed by atoms with Crippen molar-refractivity contribution in [2.45, 2.75) is 33.2 Å². The van der Waals surface area contributed by atoms with Gasteiger partial charge < -0.3 is 5.32 Å². The summed E-state index contributed by atoms with van der Waals surface area (Å²) in [6.07, 6.45) is 2.91. The number of benzene rings is 2. The number of anilines is 1. The van der Waals surface area contributed by atoms with E-state index in [0.29, 0.717) is 12.2 Å². The van der Waals surface area contributed by atoms with E-state index in [-0.39, 0.29) is 16.5 Å². The van der Waals surface area contributed by atoms with Gasteiger partial charge in [-0.25, -0.2) is 8.42 Å². The predicted molar refractivity (Wildman–Crippen MR) is 111 cm³/mol. The highest BCUT2D eigenvalue weighted by Gasteiger charge is 2.17. The van der Waals surface area contributed by atoms with Crippen LogP contribution in [0.25, 0.3) is 0 Å². The highest BCUT2D eigenvalue weighted by Crippen LogP contribution is 2.24. The molecule has 2 aromatic rings. The molecule has 5 nitrogen and oxygen atoms in total. The van der Waals surface area contributed by atoms with E-state index in [0.717, 1.165) is 29.0 Å². The molecule has 0 radical (unpaired) electrons. The van der Waals surface area contributed by atoms with Crippen molar-refractivity contribution in [3.05, 3.63) is 63.7 Å². The number of sulfonamides is 1. The van der Waals surface area contributed by atoms with Crippen molar-refractivity contribution >= 4 is 33.2 Å². The zero-order valence-electron chi connectivity index (χ0n) is 16.0. The summed E-state index contributed by atoms with van der Waals surface area (Å²) >= 11 is 6.17. The van der Waals surface area contributed by atoms with Crippen LogP contribution in [0.5, 0.6) is 0 Å². The highest BCUT2D eigenvalue weighted by molar-refractivity contribution is 7.92. The first kappa shape index (κ1) is 21.3. The molecule has 0 aliphatic rings. The van der Waals surface area contributed by atoms with Gasteiger partial charge in [0.2, 0.25) is 10.0 Å². The maximum atomic E-state index is 12.7. The standard InChI is InChI=1S/C20H25ClN2O3S/c1-5-14-7-8-15(6-2)16(11-14)13-22-20(24)18-12-17(9-10-19(18)21)23(3)27(4,25)26/h7-12H,5-6,13H2,1-4H3,(H,22,24). The van der Waals surface area contributed by atoms with Crippen molar-refractivity contribution in [3.63, 3.8) is 0 Å². The summed E-state index contributed by atoms with van der Waals surface area (Å²) in [4.78, 5) is 12.7. The van der Waals surface area contributed by atoms with Gasteiger partial charge in [0.25, 0.3) is 5.91 Å². The number of amides is 1. The summed E-state index contributed by atoms with van der Waals surface area (Å²) in [5, 5.41) is 3.17. The number of rotatable bonds is 7. The average Bonchev–Trinajstić information content (AvgIpc) is 2.64. The van der Waals surface area contributed by atoms with Gasteiger partial charge in [-0.15, -0.1) is 0 Å². The molecule has 0 aliphatic heterocycles. The number of nitrogens with one attached hydrogen (secondary N) is 1. The summed E-state index contributed by atoms with van der Waals surface area (Å²) in [6.45, 7) is 4.55. The lowest BCUT2D eigenvalue weighted by molar-refractivity contribution is 0.0951. The summed E-state index contributed by atoms with van der Waals surface area (Å²) < 4.78 is 24.6. The summed E-state index contributed by atoms with van der Waals surface area (Å²) in [7, 11) is -1.99. The normalized spacial score (nSPS) is 11.3. The SMILES string of the molecule is CCc1ccc(CC)c(CNC(=O)c2cc(N(C)S(C)(=O)=O)ccc2Cl)c1. The minimum atomic E-state index is -3.42. The second-order valence-electron chi connectivity index (χ2n) is 6.39. The van der Waals surface area contributed by atoms with E-state index in [2.05, 4.69) is 37.4 Å². The van der Waals surface area contributed by atoms with Crippen LogP contribution < -0.4 is 9.62 Å². The molecule has 0 saturated carbocycles. The van der Waals surface area contributed by atoms with Gasteiger partial charge in [0, 0.05) is 13.6 Å². The minimum Gasteiger partial charge on any atom is -0.348 e. The molecule has 2 aromatic carbocycles. The van der Waals surface area contributed by atoms with Gasteiger partial charge in [0.1, 0.15) is 0 Å². The van der Waals surface area contributed by atoms with Crippen molar-refractivity contribution < 1.29 is 13.2 Å². The van der Waals surface area contributed by atoms with Gasteiger partial charge in [0.15, 0.2) is 0 Å². The Hall–Kier alpha value is -2.05. The van der Waals surface area contributed by atoms with Gasteiger partial charge in [-0.2, -0.15) is 0 Å². The van der Waals surface area contributed by atoms with E-state index >= 15 is 0 Å². The summed E-state index contributed by atoms with van der Waals surface area (Å²) in [5.41, 5.74) is 4.10. The van der Waals surface area contributed by atoms with E-state index in [1.54, 1.807) is 6.07 Å². The molecule has 0 atom stereocenters. The fourth-order valence-corrected chi connectivity index (χ4v) is 3.45. The van der Waals surface area contributed by atoms with E-state index < -0.39 is 10.0 Å². The second kappa shape index (κ2) is 8.76. The number of halogens is 1. The zero-order valence-corrected chi connectivity index (χ0v) is 17.6. The lowest BCUT2D eigenvalue weighted by Gasteiger charge is -2.18. The highest BCUT2D eigenvalue weighted by atomic mass is 35.5. The van der Waals surface area contributed by atoms with E-state index in [4.69, 9.17) is 11.6 Å². The second-order valence-corrected chi connectivity index (χ2v) is 8.81. The Morgan fingerprint density at radius 1 is 1.07 bits per heavy atom. The fraction of sp³-hybridized carbons (Fsp3) is 0.350. The smallest absolute Gasteiger partial charge is 0.253 e. The molecule has 0 saturated heterocycles. The van der Waals surface area contributed by atoms with Crippen LogP contribution in [0.2, 0.25) is 5.02 Å². The molecule has 0 aromatic heterocycles. The molecule has 0 spiro atoms. The van der Waals surface area contributed by atoms with Gasteiger partial charge in [-0.1, -0.05) is 43.6 Å². The lowest BCUT2D eigenvalue weighted by atomic mass is 10.0. The number of hydrogen-bond donors (Lipinski definition) is 1. The molecule has 0 unspecified atom stereocenters. The van der Waals surface area contributed by atoms with Gasteiger partial charge in [-0.3, -0.25) is 9.10 Å². The van der Waals surface area contributed by atoms with Crippen molar-refractivity contribution in [1.29, 1.82) is 0 Å². The van der Waals surface area contributed by atoms with Crippen molar-refractivity contribution in [3.8, 4) is 0 Å². The molecule has 27 heavy (non-hydrogen) atoms. The van der Waals surface area contributed by atoms with Crippen LogP contribution in [0.15, 0.2) is 36.4 Å². The minimum absolute atomic E-state index is 0.245. The van der Waals surface area contributed by atoms with Gasteiger partial charge >= 0.3 is 0 Å². The van der Waals surface area contributed by atoms with Gasteiger partial charge in [0.05, 0.1) is 22.5 Å². The fourth-order valence-electron chi connectivity index (χ4n) is 2.75. The van der Waals surface area contributed by atoms with Crippen LogP contribution >= 0.6 is 11.6 Å². The molecule has 0 fully saturated rings. The third kappa shape index (κ3) is 5.23. The van der Waals surface area contributed by atoms with Crippen molar-refractivity contribution in [2.24, 2.45) is 0 Å². The van der Waals surface area contributed by atoms with Crippen LogP contribution in [0.1, 0.15) is 40.9 Å². The van der Waals surface area contributed by atoms with Crippen molar-refractivity contribution in [2.75, 3.05) is 17.6 Å². The number of hydrogen-bond acceptors (Lipinski definition) is 3. The molecular weight excluding hydrogens is 384 g/mol. The number of nitrogens with zero attached hydrogens (tertiary/aromatic N) is 1. The van der Waals surface area contributed by atoms with E-state index in [1.807, 2.05) is 0 Å². The first-order chi connectivity index (χ1) is 12.7. The van der Waals surface area contributed by atoms with Crippen LogP contribution in [0.4, 0.5) is 5.69 Å². The first-order valence-electron chi connectivity index (χ1n) is 8.79. The monoisotopic (exact) mass is 408 g/mol. The molecule has 1 N–H and O–H groups in total. The van der Waals surface area contributed by atoms with Crippen molar-refractivity contribution in [1.82, 2.24) is 5.32 Å². The molecule has 0 heterocycles. The van der Waals surface area contributed by atoms with E-state index in [1.165, 1.54) is 30.3 Å². The molecule has 146 valence electrons. The summed E-state index contributed by atoms with van der Waals surface area (Å²) in [5.74, 6) is -0.340. The molecule has 0 bridgehead atoms. The Kier molecular flexibility index (Phi) is 6.89. The Balaban J connectivity index is 2.24. The Morgan fingerprint density at radius 3 is 2.37 bits per heavy atom. The van der Waals surface area contributed by atoms with Crippen LogP contribution in [-0.2, 0) is 29.4 Å². The Morgan fingerprint density at radius 2 is 1.78 bits per heavy atom. The molecule has 2 rings (SSSR count). The number of aryl methyl sites for hydroxylation is 2. The zero-order chi connectivity index (χ0) is 20.2. The maximum Gasteiger partial charge on any atom is 0.253 e. The topological polar surface area (TPSA) is 66.5 Å². The third-order valence-corrected chi connectivity index (χ3v) is 6.09. The molecule has 0 aliphatic carbocycles. The molecule has 1 amide bonds.